The summed E-state index contributed by atoms with van der Waals surface area (Å²) in [7, 11) is 1.66. The number of hydrogen-bond acceptors (Lipinski definition) is 6. The standard InChI is InChI=1S/C23H33N5O2/c1-18(2)11-12-24-17-23(29)28-14-4-13-27(15-16-28)22-10-9-21(25-26-22)19-5-7-20(30-3)8-6-19/h5-10,18,24H,4,11-17H2,1-3H3. The van der Waals surface area contributed by atoms with E-state index in [1.807, 2.05) is 41.3 Å². The lowest BCUT2D eigenvalue weighted by molar-refractivity contribution is -0.130. The van der Waals surface area contributed by atoms with Crippen molar-refractivity contribution in [2.75, 3.05) is 51.3 Å². The lowest BCUT2D eigenvalue weighted by Crippen LogP contribution is -2.40. The van der Waals surface area contributed by atoms with Gasteiger partial charge in [-0.1, -0.05) is 13.8 Å². The first-order valence-electron chi connectivity index (χ1n) is 10.8. The summed E-state index contributed by atoms with van der Waals surface area (Å²) in [5, 5.41) is 12.1. The van der Waals surface area contributed by atoms with Gasteiger partial charge in [0.2, 0.25) is 5.91 Å². The number of nitrogens with one attached hydrogen (secondary N) is 1. The van der Waals surface area contributed by atoms with Crippen LogP contribution < -0.4 is 15.0 Å². The first-order valence-corrected chi connectivity index (χ1v) is 10.8. The molecule has 30 heavy (non-hydrogen) atoms. The highest BCUT2D eigenvalue weighted by atomic mass is 16.5. The van der Waals surface area contributed by atoms with Gasteiger partial charge in [0.05, 0.1) is 19.3 Å². The molecule has 1 aliphatic heterocycles. The lowest BCUT2D eigenvalue weighted by Gasteiger charge is -2.23. The van der Waals surface area contributed by atoms with Crippen LogP contribution >= 0.6 is 0 Å². The number of anilines is 1. The normalized spacial score (nSPS) is 14.7. The van der Waals surface area contributed by atoms with Crippen LogP contribution in [0, 0.1) is 5.92 Å². The molecule has 1 aliphatic rings. The Kier molecular flexibility index (Phi) is 8.02. The highest BCUT2D eigenvalue weighted by molar-refractivity contribution is 5.78. The van der Waals surface area contributed by atoms with Gasteiger partial charge in [-0.3, -0.25) is 4.79 Å². The van der Waals surface area contributed by atoms with Gasteiger partial charge in [0, 0.05) is 31.7 Å². The van der Waals surface area contributed by atoms with Crippen LogP contribution in [-0.2, 0) is 4.79 Å². The minimum Gasteiger partial charge on any atom is -0.497 e. The number of aromatic nitrogens is 2. The zero-order valence-corrected chi connectivity index (χ0v) is 18.3. The van der Waals surface area contributed by atoms with E-state index in [0.717, 1.165) is 61.8 Å². The van der Waals surface area contributed by atoms with Crippen LogP contribution in [0.15, 0.2) is 36.4 Å². The van der Waals surface area contributed by atoms with Crippen LogP contribution in [0.4, 0.5) is 5.82 Å². The molecule has 1 amide bonds. The Labute approximate surface area is 179 Å². The van der Waals surface area contributed by atoms with Gasteiger partial charge in [0.1, 0.15) is 5.75 Å². The summed E-state index contributed by atoms with van der Waals surface area (Å²) in [6.45, 7) is 8.85. The fourth-order valence-corrected chi connectivity index (χ4v) is 3.50. The number of methoxy groups -OCH3 is 1. The molecule has 0 saturated carbocycles. The van der Waals surface area contributed by atoms with Gasteiger partial charge < -0.3 is 19.9 Å². The quantitative estimate of drug-likeness (QED) is 0.674. The first-order chi connectivity index (χ1) is 14.6. The molecule has 0 unspecified atom stereocenters. The van der Waals surface area contributed by atoms with E-state index >= 15 is 0 Å². The van der Waals surface area contributed by atoms with Crippen LogP contribution in [0.2, 0.25) is 0 Å². The summed E-state index contributed by atoms with van der Waals surface area (Å²) in [5.41, 5.74) is 1.84. The number of hydrogen-bond donors (Lipinski definition) is 1. The minimum absolute atomic E-state index is 0.182. The molecule has 0 radical (unpaired) electrons. The van der Waals surface area contributed by atoms with Gasteiger partial charge >= 0.3 is 0 Å². The third-order valence-electron chi connectivity index (χ3n) is 5.38. The Bertz CT molecular complexity index is 792. The van der Waals surface area contributed by atoms with E-state index in [2.05, 4.69) is 34.3 Å². The summed E-state index contributed by atoms with van der Waals surface area (Å²) in [5.74, 6) is 2.51. The molecule has 0 bridgehead atoms. The maximum absolute atomic E-state index is 12.5. The van der Waals surface area contributed by atoms with E-state index < -0.39 is 0 Å². The number of amides is 1. The lowest BCUT2D eigenvalue weighted by atomic mass is 10.1. The van der Waals surface area contributed by atoms with Crippen molar-refractivity contribution in [3.05, 3.63) is 36.4 Å². The summed E-state index contributed by atoms with van der Waals surface area (Å²) in [6.07, 6.45) is 2.02. The molecule has 7 heteroatoms. The van der Waals surface area contributed by atoms with Gasteiger partial charge in [-0.05, 0) is 61.7 Å². The van der Waals surface area contributed by atoms with Crippen LogP contribution in [0.25, 0.3) is 11.3 Å². The number of ether oxygens (including phenoxy) is 1. The molecule has 1 saturated heterocycles. The molecule has 0 atom stereocenters. The topological polar surface area (TPSA) is 70.6 Å². The predicted molar refractivity (Wildman–Crippen MR) is 120 cm³/mol. The fourth-order valence-electron chi connectivity index (χ4n) is 3.50. The first kappa shape index (κ1) is 22.0. The SMILES string of the molecule is COc1ccc(-c2ccc(N3CCCN(C(=O)CNCCC(C)C)CC3)nn2)cc1. The Morgan fingerprint density at radius 3 is 2.53 bits per heavy atom. The number of carbonyl (C=O) groups excluding carboxylic acids is 1. The second-order valence-corrected chi connectivity index (χ2v) is 8.09. The summed E-state index contributed by atoms with van der Waals surface area (Å²) < 4.78 is 5.20. The minimum atomic E-state index is 0.182. The second kappa shape index (κ2) is 10.9. The summed E-state index contributed by atoms with van der Waals surface area (Å²) in [4.78, 5) is 16.7. The maximum Gasteiger partial charge on any atom is 0.236 e. The highest BCUT2D eigenvalue weighted by Crippen LogP contribution is 2.22. The van der Waals surface area contributed by atoms with Crippen molar-refractivity contribution in [3.8, 4) is 17.0 Å². The summed E-state index contributed by atoms with van der Waals surface area (Å²) in [6, 6.07) is 11.8. The average Bonchev–Trinajstić information content (AvgIpc) is 3.03. The van der Waals surface area contributed by atoms with Crippen molar-refractivity contribution in [3.63, 3.8) is 0 Å². The van der Waals surface area contributed by atoms with Crippen LogP contribution in [0.3, 0.4) is 0 Å². The average molecular weight is 412 g/mol. The maximum atomic E-state index is 12.5. The van der Waals surface area contributed by atoms with E-state index in [4.69, 9.17) is 4.74 Å². The van der Waals surface area contributed by atoms with Crippen molar-refractivity contribution in [2.45, 2.75) is 26.7 Å². The molecule has 2 heterocycles. The smallest absolute Gasteiger partial charge is 0.236 e. The third-order valence-corrected chi connectivity index (χ3v) is 5.38. The molecule has 162 valence electrons. The third kappa shape index (κ3) is 6.16. The predicted octanol–water partition coefficient (Wildman–Crippen LogP) is 2.83. The van der Waals surface area contributed by atoms with E-state index in [0.29, 0.717) is 19.0 Å². The molecule has 3 rings (SSSR count). The molecule has 0 spiro atoms. The van der Waals surface area contributed by atoms with Crippen LogP contribution in [0.1, 0.15) is 26.7 Å². The molecule has 1 fully saturated rings. The molecule has 1 aromatic heterocycles. The van der Waals surface area contributed by atoms with Crippen LogP contribution in [0.5, 0.6) is 5.75 Å². The Morgan fingerprint density at radius 2 is 1.87 bits per heavy atom. The number of nitrogens with zero attached hydrogens (tertiary/aromatic N) is 4. The fraction of sp³-hybridized carbons (Fsp3) is 0.522. The van der Waals surface area contributed by atoms with Crippen LogP contribution in [-0.4, -0.2) is 67.4 Å². The Hall–Kier alpha value is -2.67. The molecular weight excluding hydrogens is 378 g/mol. The summed E-state index contributed by atoms with van der Waals surface area (Å²) >= 11 is 0. The van der Waals surface area contributed by atoms with Crippen molar-refractivity contribution >= 4 is 11.7 Å². The van der Waals surface area contributed by atoms with Gasteiger partial charge in [0.15, 0.2) is 5.82 Å². The van der Waals surface area contributed by atoms with Gasteiger partial charge in [-0.15, -0.1) is 10.2 Å². The van der Waals surface area contributed by atoms with Gasteiger partial charge in [0.25, 0.3) is 0 Å². The molecule has 1 N–H and O–H groups in total. The molecule has 1 aromatic carbocycles. The number of benzene rings is 1. The monoisotopic (exact) mass is 411 g/mol. The van der Waals surface area contributed by atoms with Crippen molar-refractivity contribution in [1.29, 1.82) is 0 Å². The molecule has 7 nitrogen and oxygen atoms in total. The van der Waals surface area contributed by atoms with Crippen molar-refractivity contribution < 1.29 is 9.53 Å². The zero-order chi connectivity index (χ0) is 21.3. The van der Waals surface area contributed by atoms with E-state index in [-0.39, 0.29) is 5.91 Å². The molecular formula is C23H33N5O2. The molecule has 0 aliphatic carbocycles. The van der Waals surface area contributed by atoms with Crippen molar-refractivity contribution in [1.82, 2.24) is 20.4 Å². The zero-order valence-electron chi connectivity index (χ0n) is 18.3. The largest absolute Gasteiger partial charge is 0.497 e. The number of rotatable bonds is 8. The Balaban J connectivity index is 1.52. The number of carbonyl (C=O) groups is 1. The van der Waals surface area contributed by atoms with E-state index in [9.17, 15) is 4.79 Å². The Morgan fingerprint density at radius 1 is 1.07 bits per heavy atom. The van der Waals surface area contributed by atoms with Gasteiger partial charge in [-0.2, -0.15) is 0 Å². The second-order valence-electron chi connectivity index (χ2n) is 8.09. The van der Waals surface area contributed by atoms with E-state index in [1.165, 1.54) is 0 Å². The van der Waals surface area contributed by atoms with Crippen molar-refractivity contribution in [2.24, 2.45) is 5.92 Å². The molecule has 2 aromatic rings. The van der Waals surface area contributed by atoms with E-state index in [1.54, 1.807) is 7.11 Å². The highest BCUT2D eigenvalue weighted by Gasteiger charge is 2.20. The van der Waals surface area contributed by atoms with Gasteiger partial charge in [-0.25, -0.2) is 0 Å².